The molecular formula is C11H15N5O2. The van der Waals surface area contributed by atoms with Crippen LogP contribution in [-0.4, -0.2) is 38.8 Å². The molecule has 1 saturated heterocycles. The standard InChI is InChI=1S/C11H15N5O2/c1-7-13-10(18-8-2-4-12-5-3-8)6-9-14-15-11(17)16(7)9/h6,8,12H,2-5H2,1H3,(H,15,17). The minimum Gasteiger partial charge on any atom is -0.474 e. The van der Waals surface area contributed by atoms with Crippen molar-refractivity contribution in [1.82, 2.24) is 24.9 Å². The number of hydrogen-bond donors (Lipinski definition) is 2. The van der Waals surface area contributed by atoms with E-state index < -0.39 is 0 Å². The number of ether oxygens (including phenoxy) is 1. The number of rotatable bonds is 2. The van der Waals surface area contributed by atoms with Crippen molar-refractivity contribution in [2.75, 3.05) is 13.1 Å². The van der Waals surface area contributed by atoms with E-state index in [1.165, 1.54) is 4.40 Å². The van der Waals surface area contributed by atoms with Gasteiger partial charge in [0.25, 0.3) is 0 Å². The molecule has 2 N–H and O–H groups in total. The van der Waals surface area contributed by atoms with E-state index in [0.29, 0.717) is 17.4 Å². The lowest BCUT2D eigenvalue weighted by Gasteiger charge is -2.23. The highest BCUT2D eigenvalue weighted by atomic mass is 16.5. The number of aryl methyl sites for hydroxylation is 1. The average Bonchev–Trinajstić information content (AvgIpc) is 2.72. The van der Waals surface area contributed by atoms with E-state index in [9.17, 15) is 4.79 Å². The Bertz CT molecular complexity index is 611. The normalized spacial score (nSPS) is 17.2. The maximum absolute atomic E-state index is 11.5. The fourth-order valence-electron chi connectivity index (χ4n) is 2.22. The Balaban J connectivity index is 1.90. The summed E-state index contributed by atoms with van der Waals surface area (Å²) in [6.07, 6.45) is 2.13. The van der Waals surface area contributed by atoms with Gasteiger partial charge in [0.15, 0.2) is 5.65 Å². The van der Waals surface area contributed by atoms with Crippen molar-refractivity contribution in [3.05, 3.63) is 22.4 Å². The predicted molar refractivity (Wildman–Crippen MR) is 64.9 cm³/mol. The van der Waals surface area contributed by atoms with Crippen LogP contribution >= 0.6 is 0 Å². The first-order valence-corrected chi connectivity index (χ1v) is 6.06. The van der Waals surface area contributed by atoms with Crippen molar-refractivity contribution in [3.63, 3.8) is 0 Å². The Morgan fingerprint density at radius 2 is 2.22 bits per heavy atom. The molecule has 7 heteroatoms. The molecule has 18 heavy (non-hydrogen) atoms. The molecule has 0 atom stereocenters. The van der Waals surface area contributed by atoms with Gasteiger partial charge in [0.05, 0.1) is 0 Å². The molecule has 0 aromatic carbocycles. The molecule has 7 nitrogen and oxygen atoms in total. The van der Waals surface area contributed by atoms with Crippen molar-refractivity contribution in [2.24, 2.45) is 0 Å². The summed E-state index contributed by atoms with van der Waals surface area (Å²) >= 11 is 0. The quantitative estimate of drug-likeness (QED) is 0.773. The Morgan fingerprint density at radius 3 is 3.00 bits per heavy atom. The topological polar surface area (TPSA) is 84.3 Å². The van der Waals surface area contributed by atoms with E-state index in [2.05, 4.69) is 20.5 Å². The molecule has 0 aliphatic carbocycles. The van der Waals surface area contributed by atoms with Crippen LogP contribution in [0.4, 0.5) is 0 Å². The van der Waals surface area contributed by atoms with Gasteiger partial charge >= 0.3 is 5.69 Å². The maximum Gasteiger partial charge on any atom is 0.349 e. The van der Waals surface area contributed by atoms with Gasteiger partial charge in [0.1, 0.15) is 11.9 Å². The molecule has 0 amide bonds. The highest BCUT2D eigenvalue weighted by Gasteiger charge is 2.16. The molecule has 0 radical (unpaired) electrons. The van der Waals surface area contributed by atoms with E-state index in [4.69, 9.17) is 4.74 Å². The zero-order valence-corrected chi connectivity index (χ0v) is 10.1. The van der Waals surface area contributed by atoms with Gasteiger partial charge in [-0.05, 0) is 32.9 Å². The van der Waals surface area contributed by atoms with Crippen molar-refractivity contribution < 1.29 is 4.74 Å². The maximum atomic E-state index is 11.5. The van der Waals surface area contributed by atoms with Crippen LogP contribution in [0, 0.1) is 6.92 Å². The highest BCUT2D eigenvalue weighted by molar-refractivity contribution is 5.40. The number of aromatic nitrogens is 4. The number of aromatic amines is 1. The second kappa shape index (κ2) is 4.41. The first kappa shape index (κ1) is 11.2. The molecule has 2 aromatic rings. The van der Waals surface area contributed by atoms with E-state index in [1.54, 1.807) is 13.0 Å². The van der Waals surface area contributed by atoms with Gasteiger partial charge in [0.2, 0.25) is 5.88 Å². The van der Waals surface area contributed by atoms with Gasteiger partial charge in [0, 0.05) is 6.07 Å². The number of nitrogens with one attached hydrogen (secondary N) is 2. The van der Waals surface area contributed by atoms with Crippen molar-refractivity contribution in [2.45, 2.75) is 25.9 Å². The van der Waals surface area contributed by atoms with Crippen LogP contribution in [0.25, 0.3) is 5.65 Å². The minimum absolute atomic E-state index is 0.186. The summed E-state index contributed by atoms with van der Waals surface area (Å²) in [5.41, 5.74) is 0.264. The fourth-order valence-corrected chi connectivity index (χ4v) is 2.22. The molecule has 0 unspecified atom stereocenters. The molecular weight excluding hydrogens is 234 g/mol. The monoisotopic (exact) mass is 249 g/mol. The first-order chi connectivity index (χ1) is 8.74. The Hall–Kier alpha value is -1.89. The Labute approximate surface area is 103 Å². The van der Waals surface area contributed by atoms with Crippen LogP contribution in [0.15, 0.2) is 10.9 Å². The van der Waals surface area contributed by atoms with E-state index in [1.807, 2.05) is 0 Å². The fraction of sp³-hybridized carbons (Fsp3) is 0.545. The number of hydrogen-bond acceptors (Lipinski definition) is 5. The molecule has 96 valence electrons. The average molecular weight is 249 g/mol. The van der Waals surface area contributed by atoms with E-state index in [-0.39, 0.29) is 11.8 Å². The summed E-state index contributed by atoms with van der Waals surface area (Å²) in [6.45, 7) is 3.70. The lowest BCUT2D eigenvalue weighted by molar-refractivity contribution is 0.155. The third-order valence-electron chi connectivity index (χ3n) is 3.12. The smallest absolute Gasteiger partial charge is 0.349 e. The van der Waals surface area contributed by atoms with Crippen LogP contribution in [0.1, 0.15) is 18.7 Å². The van der Waals surface area contributed by atoms with Gasteiger partial charge in [-0.2, -0.15) is 10.1 Å². The van der Waals surface area contributed by atoms with Crippen LogP contribution in [0.5, 0.6) is 5.88 Å². The highest BCUT2D eigenvalue weighted by Crippen LogP contribution is 2.15. The second-order valence-corrected chi connectivity index (χ2v) is 4.43. The minimum atomic E-state index is -0.275. The van der Waals surface area contributed by atoms with Gasteiger partial charge in [-0.3, -0.25) is 0 Å². The summed E-state index contributed by atoms with van der Waals surface area (Å²) in [6, 6.07) is 1.69. The summed E-state index contributed by atoms with van der Waals surface area (Å²) < 4.78 is 7.26. The van der Waals surface area contributed by atoms with Crippen molar-refractivity contribution >= 4 is 5.65 Å². The molecule has 0 saturated carbocycles. The molecule has 0 spiro atoms. The number of nitrogens with zero attached hydrogens (tertiary/aromatic N) is 3. The third kappa shape index (κ3) is 1.97. The number of H-pyrrole nitrogens is 1. The molecule has 3 rings (SSSR count). The molecule has 1 aliphatic heterocycles. The zero-order chi connectivity index (χ0) is 12.5. The van der Waals surface area contributed by atoms with Crippen molar-refractivity contribution in [3.8, 4) is 5.88 Å². The third-order valence-corrected chi connectivity index (χ3v) is 3.12. The van der Waals surface area contributed by atoms with Crippen LogP contribution in [-0.2, 0) is 0 Å². The largest absolute Gasteiger partial charge is 0.474 e. The van der Waals surface area contributed by atoms with Gasteiger partial charge in [-0.25, -0.2) is 14.3 Å². The van der Waals surface area contributed by atoms with Gasteiger partial charge in [-0.15, -0.1) is 0 Å². The molecule has 1 aliphatic rings. The SMILES string of the molecule is Cc1nc(OC2CCNCC2)cc2n[nH]c(=O)n12. The lowest BCUT2D eigenvalue weighted by atomic mass is 10.1. The summed E-state index contributed by atoms with van der Waals surface area (Å²) in [4.78, 5) is 15.7. The van der Waals surface area contributed by atoms with E-state index in [0.717, 1.165) is 25.9 Å². The van der Waals surface area contributed by atoms with Crippen LogP contribution < -0.4 is 15.7 Å². The second-order valence-electron chi connectivity index (χ2n) is 4.43. The first-order valence-electron chi connectivity index (χ1n) is 6.06. The predicted octanol–water partition coefficient (Wildman–Crippen LogP) is -0.143. The number of fused-ring (bicyclic) bond motifs is 1. The van der Waals surface area contributed by atoms with E-state index >= 15 is 0 Å². The van der Waals surface area contributed by atoms with Crippen LogP contribution in [0.2, 0.25) is 0 Å². The summed E-state index contributed by atoms with van der Waals surface area (Å²) in [7, 11) is 0. The molecule has 1 fully saturated rings. The molecule has 0 bridgehead atoms. The molecule has 2 aromatic heterocycles. The Kier molecular flexibility index (Phi) is 2.75. The molecule has 3 heterocycles. The summed E-state index contributed by atoms with van der Waals surface area (Å²) in [5.74, 6) is 1.11. The van der Waals surface area contributed by atoms with Gasteiger partial charge < -0.3 is 10.1 Å². The lowest BCUT2D eigenvalue weighted by Crippen LogP contribution is -2.34. The number of piperidine rings is 1. The zero-order valence-electron chi connectivity index (χ0n) is 10.1. The Morgan fingerprint density at radius 1 is 1.44 bits per heavy atom. The van der Waals surface area contributed by atoms with Crippen molar-refractivity contribution in [1.29, 1.82) is 0 Å². The van der Waals surface area contributed by atoms with Gasteiger partial charge in [-0.1, -0.05) is 0 Å². The summed E-state index contributed by atoms with van der Waals surface area (Å²) in [5, 5.41) is 9.61. The van der Waals surface area contributed by atoms with Crippen LogP contribution in [0.3, 0.4) is 0 Å².